The monoisotopic (exact) mass is 551 g/mol. The van der Waals surface area contributed by atoms with E-state index in [2.05, 4.69) is 15.1 Å². The Bertz CT molecular complexity index is 1900. The van der Waals surface area contributed by atoms with Gasteiger partial charge in [-0.1, -0.05) is 31.0 Å². The molecule has 0 amide bonds. The van der Waals surface area contributed by atoms with E-state index in [4.69, 9.17) is 0 Å². The van der Waals surface area contributed by atoms with Gasteiger partial charge in [0.25, 0.3) is 5.56 Å². The predicted octanol–water partition coefficient (Wildman–Crippen LogP) is 5.23. The molecule has 1 aliphatic carbocycles. The highest BCUT2D eigenvalue weighted by molar-refractivity contribution is 5.97. The zero-order chi connectivity index (χ0) is 28.7. The van der Waals surface area contributed by atoms with E-state index in [9.17, 15) is 14.4 Å². The number of Topliss-reactive ketones (excluding diaryl/α,β-unsaturated/α-hetero) is 1. The molecule has 0 radical (unpaired) electrons. The van der Waals surface area contributed by atoms with Crippen LogP contribution in [0.5, 0.6) is 0 Å². The first kappa shape index (κ1) is 26.6. The topological polar surface area (TPSA) is 103 Å². The second kappa shape index (κ2) is 10.7. The molecular formula is C32H30FN5O3. The van der Waals surface area contributed by atoms with E-state index in [1.807, 2.05) is 38.1 Å². The summed E-state index contributed by atoms with van der Waals surface area (Å²) in [6.07, 6.45) is 6.98. The zero-order valence-corrected chi connectivity index (χ0v) is 22.9. The highest BCUT2D eigenvalue weighted by Gasteiger charge is 2.25. The number of benzene rings is 2. The maximum Gasteiger partial charge on any atom is 0.328 e. The van der Waals surface area contributed by atoms with Crippen LogP contribution in [0, 0.1) is 25.6 Å². The molecule has 1 N–H and O–H groups in total. The fourth-order valence-electron chi connectivity index (χ4n) is 5.47. The fourth-order valence-corrected chi connectivity index (χ4v) is 5.47. The number of halogens is 1. The van der Waals surface area contributed by atoms with Crippen molar-refractivity contribution in [1.82, 2.24) is 24.3 Å². The quantitative estimate of drug-likeness (QED) is 0.253. The van der Waals surface area contributed by atoms with Gasteiger partial charge in [-0.3, -0.25) is 24.1 Å². The van der Waals surface area contributed by atoms with Crippen LogP contribution in [0.1, 0.15) is 64.7 Å². The summed E-state index contributed by atoms with van der Waals surface area (Å²) in [6, 6.07) is 15.1. The van der Waals surface area contributed by atoms with E-state index >= 15 is 4.39 Å². The average Bonchev–Trinajstić information content (AvgIpc) is 3.70. The van der Waals surface area contributed by atoms with E-state index in [0.717, 1.165) is 41.4 Å². The van der Waals surface area contributed by atoms with Gasteiger partial charge < -0.3 is 0 Å². The number of H-pyrrole nitrogens is 1. The molecule has 2 aromatic carbocycles. The van der Waals surface area contributed by atoms with Gasteiger partial charge in [0.2, 0.25) is 0 Å². The number of hydrogen-bond donors (Lipinski definition) is 1. The van der Waals surface area contributed by atoms with Crippen LogP contribution in [-0.4, -0.2) is 30.1 Å². The summed E-state index contributed by atoms with van der Waals surface area (Å²) in [5, 5.41) is 6.57. The Labute approximate surface area is 235 Å². The normalized spacial score (nSPS) is 13.9. The highest BCUT2D eigenvalue weighted by atomic mass is 19.1. The smallest absolute Gasteiger partial charge is 0.293 e. The highest BCUT2D eigenvalue weighted by Crippen LogP contribution is 2.37. The molecular weight excluding hydrogens is 521 g/mol. The van der Waals surface area contributed by atoms with Crippen molar-refractivity contribution in [3.05, 3.63) is 122 Å². The fraction of sp³-hybridized carbons (Fsp3) is 0.281. The number of carbonyl (C=O) groups excluding carboxylic acids is 1. The van der Waals surface area contributed by atoms with E-state index in [0.29, 0.717) is 29.3 Å². The molecule has 6 rings (SSSR count). The Morgan fingerprint density at radius 2 is 1.90 bits per heavy atom. The van der Waals surface area contributed by atoms with Crippen LogP contribution < -0.4 is 11.2 Å². The average molecular weight is 552 g/mol. The van der Waals surface area contributed by atoms with Crippen molar-refractivity contribution >= 4 is 16.6 Å². The molecule has 1 fully saturated rings. The van der Waals surface area contributed by atoms with Gasteiger partial charge in [0.05, 0.1) is 17.4 Å². The summed E-state index contributed by atoms with van der Waals surface area (Å²) in [6.45, 7) is 3.75. The molecule has 1 unspecified atom stereocenters. The van der Waals surface area contributed by atoms with E-state index in [1.54, 1.807) is 29.1 Å². The van der Waals surface area contributed by atoms with Crippen molar-refractivity contribution in [1.29, 1.82) is 0 Å². The molecule has 208 valence electrons. The van der Waals surface area contributed by atoms with Gasteiger partial charge in [-0.05, 0) is 79.5 Å². The molecule has 9 heteroatoms. The minimum absolute atomic E-state index is 0.172. The van der Waals surface area contributed by atoms with Crippen LogP contribution in [0.3, 0.4) is 0 Å². The third-order valence-electron chi connectivity index (χ3n) is 7.85. The molecule has 3 heterocycles. The lowest BCUT2D eigenvalue weighted by Crippen LogP contribution is -2.32. The lowest BCUT2D eigenvalue weighted by molar-refractivity contribution is 0.0984. The van der Waals surface area contributed by atoms with Crippen LogP contribution in [0.25, 0.3) is 16.5 Å². The number of aryl methyl sites for hydroxylation is 2. The second-order valence-electron chi connectivity index (χ2n) is 10.9. The third kappa shape index (κ3) is 5.52. The number of rotatable bonds is 9. The number of hydrogen-bond acceptors (Lipinski definition) is 5. The molecule has 1 atom stereocenters. The number of ketones is 1. The standard InChI is InChI=1S/C32H30FN5O3/c1-19-15-29(38(36-19)25-8-6-22-11-13-34-20(2)26(22)18-25)30(39)17-24-16-23(7-9-27(24)33)28(10-5-21-3-4-21)37-14-12-31(40)35-32(37)41/h6-9,11-16,18,21,28H,3-5,10,17H2,1-2H3,(H,35,40,41). The Kier molecular flexibility index (Phi) is 6.95. The number of aromatic nitrogens is 5. The first-order valence-electron chi connectivity index (χ1n) is 13.8. The number of nitrogens with zero attached hydrogens (tertiary/aromatic N) is 4. The summed E-state index contributed by atoms with van der Waals surface area (Å²) >= 11 is 0. The molecule has 41 heavy (non-hydrogen) atoms. The number of pyridine rings is 1. The SMILES string of the molecule is Cc1cc(C(=O)Cc2cc(C(CCC3CC3)n3ccc(=O)[nH]c3=O)ccc2F)n(-c2ccc3ccnc(C)c3c2)n1. The lowest BCUT2D eigenvalue weighted by Gasteiger charge is -2.21. The summed E-state index contributed by atoms with van der Waals surface area (Å²) in [7, 11) is 0. The van der Waals surface area contributed by atoms with Crippen LogP contribution in [0.15, 0.2) is 76.6 Å². The van der Waals surface area contributed by atoms with Gasteiger partial charge in [0.1, 0.15) is 11.5 Å². The third-order valence-corrected chi connectivity index (χ3v) is 7.85. The molecule has 0 aliphatic heterocycles. The lowest BCUT2D eigenvalue weighted by atomic mass is 9.96. The minimum Gasteiger partial charge on any atom is -0.293 e. The zero-order valence-electron chi connectivity index (χ0n) is 22.9. The van der Waals surface area contributed by atoms with Crippen LogP contribution in [0.4, 0.5) is 4.39 Å². The van der Waals surface area contributed by atoms with Gasteiger partial charge in [-0.25, -0.2) is 13.9 Å². The molecule has 0 saturated heterocycles. The maximum absolute atomic E-state index is 15.1. The maximum atomic E-state index is 15.1. The number of carbonyl (C=O) groups is 1. The number of nitrogens with one attached hydrogen (secondary N) is 1. The van der Waals surface area contributed by atoms with Gasteiger partial charge >= 0.3 is 5.69 Å². The van der Waals surface area contributed by atoms with Crippen molar-refractivity contribution in [3.63, 3.8) is 0 Å². The molecule has 0 bridgehead atoms. The molecule has 1 aliphatic rings. The minimum atomic E-state index is -0.513. The molecule has 8 nitrogen and oxygen atoms in total. The van der Waals surface area contributed by atoms with Gasteiger partial charge in [-0.2, -0.15) is 5.10 Å². The Morgan fingerprint density at radius 1 is 1.07 bits per heavy atom. The van der Waals surface area contributed by atoms with E-state index in [-0.39, 0.29) is 17.8 Å². The van der Waals surface area contributed by atoms with Gasteiger partial charge in [0.15, 0.2) is 5.78 Å². The largest absolute Gasteiger partial charge is 0.328 e. The first-order chi connectivity index (χ1) is 19.8. The Morgan fingerprint density at radius 3 is 2.68 bits per heavy atom. The second-order valence-corrected chi connectivity index (χ2v) is 10.9. The van der Waals surface area contributed by atoms with Crippen molar-refractivity contribution in [3.8, 4) is 5.69 Å². The van der Waals surface area contributed by atoms with Crippen LogP contribution >= 0.6 is 0 Å². The Hall–Kier alpha value is -4.66. The molecule has 5 aromatic rings. The van der Waals surface area contributed by atoms with Gasteiger partial charge in [0, 0.05) is 36.0 Å². The van der Waals surface area contributed by atoms with Crippen LogP contribution in [0.2, 0.25) is 0 Å². The molecule has 3 aromatic heterocycles. The summed E-state index contributed by atoms with van der Waals surface area (Å²) in [4.78, 5) is 44.7. The van der Waals surface area contributed by atoms with E-state index in [1.165, 1.54) is 22.9 Å². The van der Waals surface area contributed by atoms with E-state index < -0.39 is 23.1 Å². The summed E-state index contributed by atoms with van der Waals surface area (Å²) < 4.78 is 18.2. The summed E-state index contributed by atoms with van der Waals surface area (Å²) in [5.41, 5.74) is 2.59. The molecule has 1 saturated carbocycles. The van der Waals surface area contributed by atoms with Crippen molar-refractivity contribution in [2.75, 3.05) is 0 Å². The number of aromatic amines is 1. The predicted molar refractivity (Wildman–Crippen MR) is 154 cm³/mol. The van der Waals surface area contributed by atoms with Gasteiger partial charge in [-0.15, -0.1) is 0 Å². The van der Waals surface area contributed by atoms with Crippen molar-refractivity contribution in [2.24, 2.45) is 5.92 Å². The number of fused-ring (bicyclic) bond motifs is 1. The molecule has 0 spiro atoms. The van der Waals surface area contributed by atoms with Crippen LogP contribution in [-0.2, 0) is 6.42 Å². The summed E-state index contributed by atoms with van der Waals surface area (Å²) in [5.74, 6) is -0.150. The van der Waals surface area contributed by atoms with Crippen molar-refractivity contribution in [2.45, 2.75) is 52.0 Å². The first-order valence-corrected chi connectivity index (χ1v) is 13.8. The Balaban J connectivity index is 1.33. The van der Waals surface area contributed by atoms with Crippen molar-refractivity contribution < 1.29 is 9.18 Å².